The van der Waals surface area contributed by atoms with Crippen molar-refractivity contribution in [3.8, 4) is 0 Å². The van der Waals surface area contributed by atoms with Crippen LogP contribution in [0.5, 0.6) is 0 Å². The first-order valence-corrected chi connectivity index (χ1v) is 5.53. The van der Waals surface area contributed by atoms with Crippen molar-refractivity contribution in [3.63, 3.8) is 0 Å². The largest absolute Gasteiger partial charge is 0.207 e. The number of rotatable bonds is 0. The van der Waals surface area contributed by atoms with Gasteiger partial charge in [-0.25, -0.2) is 8.78 Å². The second-order valence-corrected chi connectivity index (χ2v) is 3.50. The summed E-state index contributed by atoms with van der Waals surface area (Å²) in [6.45, 7) is 3.49. The molecule has 0 atom stereocenters. The molecular formula is C14H14F2OS. The highest BCUT2D eigenvalue weighted by Gasteiger charge is 1.89. The average Bonchev–Trinajstić information content (AvgIpc) is 2.40. The van der Waals surface area contributed by atoms with Gasteiger partial charge >= 0.3 is 0 Å². The third-order valence-electron chi connectivity index (χ3n) is 2.15. The quantitative estimate of drug-likeness (QED) is 0.720. The average molecular weight is 268 g/mol. The molecule has 0 fully saturated rings. The molecule has 2 aromatic rings. The third kappa shape index (κ3) is 6.15. The fourth-order valence-electron chi connectivity index (χ4n) is 1.10. The molecule has 4 heteroatoms. The van der Waals surface area contributed by atoms with Crippen LogP contribution >= 0.6 is 0 Å². The molecule has 0 saturated heterocycles. The Morgan fingerprint density at radius 3 is 1.17 bits per heavy atom. The minimum atomic E-state index is -0.132. The van der Waals surface area contributed by atoms with Crippen LogP contribution in [0.2, 0.25) is 0 Å². The van der Waals surface area contributed by atoms with Gasteiger partial charge in [0, 0.05) is 0 Å². The summed E-state index contributed by atoms with van der Waals surface area (Å²) < 4.78 is 32.5. The van der Waals surface area contributed by atoms with Crippen LogP contribution in [0.25, 0.3) is 0 Å². The summed E-state index contributed by atoms with van der Waals surface area (Å²) >= 11 is 2.83. The Balaban J connectivity index is 0.000000283. The van der Waals surface area contributed by atoms with Gasteiger partial charge in [-0.05, 0) is 37.1 Å². The molecule has 0 N–H and O–H groups in total. The summed E-state index contributed by atoms with van der Waals surface area (Å²) in [4.78, 5) is 0. The standard InChI is InChI=1S/2C7H7F.OS/c2*1-6-4-2-3-5-7(6)8;1-2/h2*2-5H,1H3;. The van der Waals surface area contributed by atoms with Crippen LogP contribution in [-0.2, 0) is 12.5 Å². The molecule has 0 heterocycles. The van der Waals surface area contributed by atoms with Crippen LogP contribution < -0.4 is 0 Å². The van der Waals surface area contributed by atoms with Gasteiger partial charge in [-0.1, -0.05) is 36.4 Å². The van der Waals surface area contributed by atoms with E-state index in [0.717, 1.165) is 0 Å². The number of aryl methyl sites for hydroxylation is 2. The van der Waals surface area contributed by atoms with Crippen LogP contribution in [0.3, 0.4) is 0 Å². The Bertz CT molecular complexity index is 389. The van der Waals surface area contributed by atoms with Crippen molar-refractivity contribution in [1.29, 1.82) is 0 Å². The van der Waals surface area contributed by atoms with E-state index >= 15 is 0 Å². The van der Waals surface area contributed by atoms with Crippen molar-refractivity contribution < 1.29 is 13.0 Å². The van der Waals surface area contributed by atoms with Crippen LogP contribution in [0.4, 0.5) is 8.78 Å². The molecule has 0 aliphatic carbocycles. The normalized spacial score (nSPS) is 8.44. The van der Waals surface area contributed by atoms with Crippen molar-refractivity contribution in [2.24, 2.45) is 0 Å². The zero-order valence-electron chi connectivity index (χ0n) is 10.2. The fraction of sp³-hybridized carbons (Fsp3) is 0.143. The number of halogens is 2. The van der Waals surface area contributed by atoms with Gasteiger partial charge in [0.25, 0.3) is 0 Å². The van der Waals surface area contributed by atoms with Gasteiger partial charge in [-0.2, -0.15) is 4.21 Å². The van der Waals surface area contributed by atoms with E-state index in [1.54, 1.807) is 38.1 Å². The second-order valence-electron chi connectivity index (χ2n) is 3.50. The first kappa shape index (κ1) is 16.3. The summed E-state index contributed by atoms with van der Waals surface area (Å²) in [5.74, 6) is -0.264. The van der Waals surface area contributed by atoms with Crippen LogP contribution in [-0.4, -0.2) is 4.21 Å². The monoisotopic (exact) mass is 268 g/mol. The molecule has 0 bridgehead atoms. The van der Waals surface area contributed by atoms with E-state index in [1.807, 2.05) is 12.1 Å². The Labute approximate surface area is 111 Å². The summed E-state index contributed by atoms with van der Waals surface area (Å²) in [5.41, 5.74) is 1.40. The molecule has 0 saturated carbocycles. The molecule has 1 nitrogen and oxygen atoms in total. The lowest BCUT2D eigenvalue weighted by Crippen LogP contribution is -1.76. The zero-order valence-corrected chi connectivity index (χ0v) is 11.0. The SMILES string of the molecule is Cc1ccccc1F.Cc1ccccc1F.O=S. The molecule has 2 rings (SSSR count). The minimum Gasteiger partial charge on any atom is -0.207 e. The van der Waals surface area contributed by atoms with Gasteiger partial charge in [-0.15, -0.1) is 0 Å². The molecule has 0 spiro atoms. The zero-order chi connectivity index (χ0) is 14.0. The van der Waals surface area contributed by atoms with Gasteiger partial charge in [0.1, 0.15) is 11.6 Å². The molecule has 2 aromatic carbocycles. The molecule has 0 amide bonds. The number of hydrogen-bond acceptors (Lipinski definition) is 2. The summed E-state index contributed by atoms with van der Waals surface area (Å²) in [7, 11) is 0. The molecule has 0 unspecified atom stereocenters. The van der Waals surface area contributed by atoms with E-state index in [2.05, 4.69) is 12.5 Å². The first-order chi connectivity index (χ1) is 8.61. The predicted octanol–water partition coefficient (Wildman–Crippen LogP) is 3.93. The third-order valence-corrected chi connectivity index (χ3v) is 2.15. The van der Waals surface area contributed by atoms with E-state index in [9.17, 15) is 8.78 Å². The van der Waals surface area contributed by atoms with Crippen LogP contribution in [0.15, 0.2) is 48.5 Å². The van der Waals surface area contributed by atoms with Gasteiger partial charge in [0.15, 0.2) is 12.5 Å². The summed E-state index contributed by atoms with van der Waals surface area (Å²) in [6.07, 6.45) is 0. The molecule has 96 valence electrons. The van der Waals surface area contributed by atoms with E-state index in [0.29, 0.717) is 11.1 Å². The van der Waals surface area contributed by atoms with Gasteiger partial charge in [-0.3, -0.25) is 0 Å². The highest BCUT2D eigenvalue weighted by Crippen LogP contribution is 2.02. The lowest BCUT2D eigenvalue weighted by atomic mass is 10.2. The maximum Gasteiger partial charge on any atom is 0.197 e. The Morgan fingerprint density at radius 1 is 0.722 bits per heavy atom. The number of benzene rings is 2. The molecule has 0 radical (unpaired) electrons. The van der Waals surface area contributed by atoms with Crippen LogP contribution in [0, 0.1) is 25.5 Å². The van der Waals surface area contributed by atoms with Crippen molar-refractivity contribution in [1.82, 2.24) is 0 Å². The Kier molecular flexibility index (Phi) is 8.49. The van der Waals surface area contributed by atoms with Gasteiger partial charge in [0.2, 0.25) is 0 Å². The van der Waals surface area contributed by atoms with Gasteiger partial charge < -0.3 is 0 Å². The highest BCUT2D eigenvalue weighted by molar-refractivity contribution is 7.44. The predicted molar refractivity (Wildman–Crippen MR) is 70.4 cm³/mol. The smallest absolute Gasteiger partial charge is 0.197 e. The van der Waals surface area contributed by atoms with Crippen molar-refractivity contribution in [2.75, 3.05) is 0 Å². The molecular weight excluding hydrogens is 254 g/mol. The van der Waals surface area contributed by atoms with E-state index < -0.39 is 0 Å². The van der Waals surface area contributed by atoms with Crippen molar-refractivity contribution in [2.45, 2.75) is 13.8 Å². The van der Waals surface area contributed by atoms with E-state index in [1.165, 1.54) is 12.1 Å². The van der Waals surface area contributed by atoms with E-state index in [4.69, 9.17) is 4.21 Å². The molecule has 0 aliphatic heterocycles. The van der Waals surface area contributed by atoms with Gasteiger partial charge in [0.05, 0.1) is 0 Å². The van der Waals surface area contributed by atoms with E-state index in [-0.39, 0.29) is 11.6 Å². The lowest BCUT2D eigenvalue weighted by Gasteiger charge is -1.89. The maximum atomic E-state index is 12.3. The minimum absolute atomic E-state index is 0.132. The molecule has 0 aliphatic rings. The Hall–Kier alpha value is -1.68. The molecule has 18 heavy (non-hydrogen) atoms. The van der Waals surface area contributed by atoms with Crippen LogP contribution in [0.1, 0.15) is 11.1 Å². The summed E-state index contributed by atoms with van der Waals surface area (Å²) in [5, 5.41) is 0. The topological polar surface area (TPSA) is 17.1 Å². The summed E-state index contributed by atoms with van der Waals surface area (Å²) in [6, 6.07) is 13.4. The first-order valence-electron chi connectivity index (χ1n) is 5.20. The van der Waals surface area contributed by atoms with Crippen molar-refractivity contribution in [3.05, 3.63) is 71.3 Å². The number of hydrogen-bond donors (Lipinski definition) is 0. The fourth-order valence-corrected chi connectivity index (χ4v) is 1.10. The highest BCUT2D eigenvalue weighted by atomic mass is 32.1. The van der Waals surface area contributed by atoms with Crippen molar-refractivity contribution >= 4 is 12.5 Å². The maximum absolute atomic E-state index is 12.3. The lowest BCUT2D eigenvalue weighted by molar-refractivity contribution is 0.618. The molecule has 0 aromatic heterocycles. The Morgan fingerprint density at radius 2 is 1.00 bits per heavy atom. The second kappa shape index (κ2) is 9.36.